The Labute approximate surface area is 88.5 Å². The molecule has 0 aliphatic carbocycles. The summed E-state index contributed by atoms with van der Waals surface area (Å²) in [5.74, 6) is 0. The van der Waals surface area contributed by atoms with Gasteiger partial charge in [0.15, 0.2) is 0 Å². The van der Waals surface area contributed by atoms with Crippen LogP contribution in [0.3, 0.4) is 0 Å². The first-order valence-corrected chi connectivity index (χ1v) is 5.70. The Morgan fingerprint density at radius 3 is 2.43 bits per heavy atom. The van der Waals surface area contributed by atoms with Gasteiger partial charge in [-0.1, -0.05) is 13.8 Å². The third-order valence-electron chi connectivity index (χ3n) is 2.89. The quantitative estimate of drug-likeness (QED) is 0.618. The first-order valence-electron chi connectivity index (χ1n) is 5.70. The fraction of sp³-hybridized carbons (Fsp3) is 1.00. The average molecular weight is 202 g/mol. The summed E-state index contributed by atoms with van der Waals surface area (Å²) in [5.41, 5.74) is 0. The van der Waals surface area contributed by atoms with Crippen molar-refractivity contribution in [2.75, 3.05) is 26.7 Å². The predicted octanol–water partition coefficient (Wildman–Crippen LogP) is 1.08. The minimum Gasteiger partial charge on any atom is -0.395 e. The Morgan fingerprint density at radius 2 is 2.00 bits per heavy atom. The molecule has 0 aromatic heterocycles. The highest BCUT2D eigenvalue weighted by atomic mass is 16.3. The van der Waals surface area contributed by atoms with Gasteiger partial charge in [-0.2, -0.15) is 0 Å². The molecule has 0 fully saturated rings. The molecule has 3 nitrogen and oxygen atoms in total. The molecule has 2 unspecified atom stereocenters. The van der Waals surface area contributed by atoms with E-state index in [2.05, 4.69) is 38.0 Å². The summed E-state index contributed by atoms with van der Waals surface area (Å²) in [6, 6.07) is 0.891. The van der Waals surface area contributed by atoms with Crippen LogP contribution in [0.4, 0.5) is 0 Å². The average Bonchev–Trinajstić information content (AvgIpc) is 2.22. The maximum Gasteiger partial charge on any atom is 0.0585 e. The summed E-state index contributed by atoms with van der Waals surface area (Å²) >= 11 is 0. The summed E-state index contributed by atoms with van der Waals surface area (Å²) in [6.07, 6.45) is 2.20. The molecular formula is C11H26N2O. The lowest BCUT2D eigenvalue weighted by Crippen LogP contribution is -2.37. The zero-order valence-electron chi connectivity index (χ0n) is 10.1. The van der Waals surface area contributed by atoms with Crippen LogP contribution in [0.15, 0.2) is 0 Å². The third kappa shape index (κ3) is 5.58. The SMILES string of the molecule is CCNC(CO)CCN(C)C(C)CC. The Balaban J connectivity index is 3.67. The molecule has 0 bridgehead atoms. The van der Waals surface area contributed by atoms with E-state index in [1.54, 1.807) is 0 Å². The van der Waals surface area contributed by atoms with Crippen LogP contribution in [0.25, 0.3) is 0 Å². The summed E-state index contributed by atoms with van der Waals surface area (Å²) in [7, 11) is 2.15. The first-order chi connectivity index (χ1) is 6.65. The normalized spacial score (nSPS) is 15.9. The number of nitrogens with one attached hydrogen (secondary N) is 1. The summed E-state index contributed by atoms with van der Waals surface area (Å²) in [4.78, 5) is 2.35. The molecule has 0 radical (unpaired) electrons. The van der Waals surface area contributed by atoms with Crippen LogP contribution in [0.2, 0.25) is 0 Å². The lowest BCUT2D eigenvalue weighted by atomic mass is 10.1. The topological polar surface area (TPSA) is 35.5 Å². The van der Waals surface area contributed by atoms with E-state index < -0.39 is 0 Å². The Kier molecular flexibility index (Phi) is 8.14. The minimum absolute atomic E-state index is 0.238. The Morgan fingerprint density at radius 1 is 1.36 bits per heavy atom. The molecule has 0 aliphatic rings. The number of hydrogen-bond acceptors (Lipinski definition) is 3. The van der Waals surface area contributed by atoms with E-state index in [1.165, 1.54) is 6.42 Å². The lowest BCUT2D eigenvalue weighted by molar-refractivity contribution is 0.199. The van der Waals surface area contributed by atoms with Gasteiger partial charge in [-0.25, -0.2) is 0 Å². The van der Waals surface area contributed by atoms with Crippen molar-refractivity contribution >= 4 is 0 Å². The zero-order valence-corrected chi connectivity index (χ0v) is 10.1. The molecule has 86 valence electrons. The summed E-state index contributed by atoms with van der Waals surface area (Å²) in [6.45, 7) is 8.73. The van der Waals surface area contributed by atoms with Gasteiger partial charge in [-0.15, -0.1) is 0 Å². The van der Waals surface area contributed by atoms with Crippen LogP contribution in [0.5, 0.6) is 0 Å². The fourth-order valence-corrected chi connectivity index (χ4v) is 1.44. The van der Waals surface area contributed by atoms with Crippen molar-refractivity contribution in [1.82, 2.24) is 10.2 Å². The molecule has 0 aromatic rings. The molecular weight excluding hydrogens is 176 g/mol. The molecule has 14 heavy (non-hydrogen) atoms. The van der Waals surface area contributed by atoms with Gasteiger partial charge in [-0.05, 0) is 39.9 Å². The molecule has 0 spiro atoms. The maximum absolute atomic E-state index is 9.08. The number of likely N-dealkylation sites (N-methyl/N-ethyl adjacent to an activating group) is 1. The van der Waals surface area contributed by atoms with Crippen molar-refractivity contribution in [1.29, 1.82) is 0 Å². The highest BCUT2D eigenvalue weighted by Gasteiger charge is 2.10. The number of rotatable bonds is 8. The summed E-state index contributed by atoms with van der Waals surface area (Å²) in [5, 5.41) is 12.4. The van der Waals surface area contributed by atoms with E-state index in [0.29, 0.717) is 6.04 Å². The van der Waals surface area contributed by atoms with E-state index in [4.69, 9.17) is 5.11 Å². The predicted molar refractivity (Wildman–Crippen MR) is 61.6 cm³/mol. The molecule has 3 heteroatoms. The summed E-state index contributed by atoms with van der Waals surface area (Å²) < 4.78 is 0. The highest BCUT2D eigenvalue weighted by molar-refractivity contribution is 4.68. The van der Waals surface area contributed by atoms with Crippen molar-refractivity contribution in [2.45, 2.75) is 45.7 Å². The molecule has 0 saturated carbocycles. The largest absolute Gasteiger partial charge is 0.395 e. The van der Waals surface area contributed by atoms with Crippen LogP contribution in [0, 0.1) is 0 Å². The number of nitrogens with zero attached hydrogens (tertiary/aromatic N) is 1. The third-order valence-corrected chi connectivity index (χ3v) is 2.89. The van der Waals surface area contributed by atoms with Crippen LogP contribution < -0.4 is 5.32 Å². The van der Waals surface area contributed by atoms with Crippen molar-refractivity contribution in [3.63, 3.8) is 0 Å². The fourth-order valence-electron chi connectivity index (χ4n) is 1.44. The molecule has 0 amide bonds. The standard InChI is InChI=1S/C11H26N2O/c1-5-10(3)13(4)8-7-11(9-14)12-6-2/h10-12,14H,5-9H2,1-4H3. The molecule has 0 rings (SSSR count). The number of aliphatic hydroxyl groups excluding tert-OH is 1. The van der Waals surface area contributed by atoms with Crippen LogP contribution in [-0.4, -0.2) is 48.8 Å². The first kappa shape index (κ1) is 13.9. The second-order valence-electron chi connectivity index (χ2n) is 3.96. The number of hydrogen-bond donors (Lipinski definition) is 2. The van der Waals surface area contributed by atoms with Crippen molar-refractivity contribution in [3.8, 4) is 0 Å². The van der Waals surface area contributed by atoms with Crippen molar-refractivity contribution in [3.05, 3.63) is 0 Å². The van der Waals surface area contributed by atoms with E-state index in [0.717, 1.165) is 19.5 Å². The van der Waals surface area contributed by atoms with Crippen LogP contribution >= 0.6 is 0 Å². The van der Waals surface area contributed by atoms with Gasteiger partial charge < -0.3 is 15.3 Å². The van der Waals surface area contributed by atoms with E-state index in [9.17, 15) is 0 Å². The Bertz CT molecular complexity index is 128. The van der Waals surface area contributed by atoms with Gasteiger partial charge in [0.25, 0.3) is 0 Å². The maximum atomic E-state index is 9.08. The van der Waals surface area contributed by atoms with Gasteiger partial charge in [-0.3, -0.25) is 0 Å². The highest BCUT2D eigenvalue weighted by Crippen LogP contribution is 2.02. The number of aliphatic hydroxyl groups is 1. The second-order valence-corrected chi connectivity index (χ2v) is 3.96. The van der Waals surface area contributed by atoms with Gasteiger partial charge >= 0.3 is 0 Å². The second kappa shape index (κ2) is 8.21. The van der Waals surface area contributed by atoms with Gasteiger partial charge in [0, 0.05) is 12.1 Å². The monoisotopic (exact) mass is 202 g/mol. The lowest BCUT2D eigenvalue weighted by Gasteiger charge is -2.25. The van der Waals surface area contributed by atoms with Gasteiger partial charge in [0.1, 0.15) is 0 Å². The molecule has 0 saturated heterocycles. The molecule has 0 aromatic carbocycles. The van der Waals surface area contributed by atoms with Crippen LogP contribution in [-0.2, 0) is 0 Å². The van der Waals surface area contributed by atoms with Gasteiger partial charge in [0.05, 0.1) is 6.61 Å². The smallest absolute Gasteiger partial charge is 0.0585 e. The van der Waals surface area contributed by atoms with Crippen LogP contribution in [0.1, 0.15) is 33.6 Å². The molecule has 0 heterocycles. The molecule has 0 aliphatic heterocycles. The van der Waals surface area contributed by atoms with Crippen molar-refractivity contribution < 1.29 is 5.11 Å². The van der Waals surface area contributed by atoms with Gasteiger partial charge in [0.2, 0.25) is 0 Å². The van der Waals surface area contributed by atoms with E-state index in [1.807, 2.05) is 0 Å². The molecule has 2 N–H and O–H groups in total. The minimum atomic E-state index is 0.238. The van der Waals surface area contributed by atoms with Crippen molar-refractivity contribution in [2.24, 2.45) is 0 Å². The molecule has 2 atom stereocenters. The van der Waals surface area contributed by atoms with E-state index in [-0.39, 0.29) is 12.6 Å². The van der Waals surface area contributed by atoms with E-state index >= 15 is 0 Å². The zero-order chi connectivity index (χ0) is 11.0. The Hall–Kier alpha value is -0.120.